The van der Waals surface area contributed by atoms with E-state index < -0.39 is 0 Å². The second kappa shape index (κ2) is 4.30. The number of rotatable bonds is 2. The Morgan fingerprint density at radius 3 is 2.54 bits per heavy atom. The average Bonchev–Trinajstić information content (AvgIpc) is 2.13. The Morgan fingerprint density at radius 2 is 1.92 bits per heavy atom. The number of nitrogen functional groups attached to an aromatic ring is 1. The Balaban J connectivity index is 3.17. The van der Waals surface area contributed by atoms with Gasteiger partial charge in [-0.25, -0.2) is 0 Å². The molecule has 0 aromatic heterocycles. The lowest BCUT2D eigenvalue weighted by molar-refractivity contribution is -0.104. The van der Waals surface area contributed by atoms with E-state index in [2.05, 4.69) is 0 Å². The fourth-order valence-corrected chi connectivity index (χ4v) is 1.26. The average molecular weight is 216 g/mol. The van der Waals surface area contributed by atoms with E-state index in [1.54, 1.807) is 18.2 Å². The number of benzene rings is 1. The molecule has 0 aliphatic carbocycles. The highest BCUT2D eigenvalue weighted by molar-refractivity contribution is 6.44. The zero-order valence-electron chi connectivity index (χ0n) is 6.63. The predicted octanol–water partition coefficient (Wildman–Crippen LogP) is 2.79. The lowest BCUT2D eigenvalue weighted by atomic mass is 10.2. The van der Waals surface area contributed by atoms with Crippen LogP contribution in [0.15, 0.2) is 18.2 Å². The molecule has 0 saturated carbocycles. The highest BCUT2D eigenvalue weighted by Gasteiger charge is 2.04. The largest absolute Gasteiger partial charge is 0.397 e. The van der Waals surface area contributed by atoms with Crippen LogP contribution in [0.25, 0.3) is 6.08 Å². The summed E-state index contributed by atoms with van der Waals surface area (Å²) in [6.45, 7) is 0. The molecule has 0 unspecified atom stereocenters. The molecule has 0 radical (unpaired) electrons. The van der Waals surface area contributed by atoms with Gasteiger partial charge in [-0.2, -0.15) is 0 Å². The van der Waals surface area contributed by atoms with Crippen LogP contribution in [0, 0.1) is 0 Å². The van der Waals surface area contributed by atoms with Crippen LogP contribution < -0.4 is 5.73 Å². The molecule has 0 aliphatic rings. The van der Waals surface area contributed by atoms with E-state index in [1.165, 1.54) is 6.08 Å². The quantitative estimate of drug-likeness (QED) is 0.469. The molecule has 1 aromatic rings. The van der Waals surface area contributed by atoms with E-state index in [4.69, 9.17) is 28.9 Å². The summed E-state index contributed by atoms with van der Waals surface area (Å²) in [5.41, 5.74) is 6.61. The van der Waals surface area contributed by atoms with Crippen molar-refractivity contribution in [1.82, 2.24) is 0 Å². The van der Waals surface area contributed by atoms with Crippen molar-refractivity contribution in [2.75, 3.05) is 5.73 Å². The van der Waals surface area contributed by atoms with Gasteiger partial charge in [0.1, 0.15) is 6.29 Å². The van der Waals surface area contributed by atoms with Gasteiger partial charge in [-0.05, 0) is 17.7 Å². The lowest BCUT2D eigenvalue weighted by Crippen LogP contribution is -1.88. The summed E-state index contributed by atoms with van der Waals surface area (Å²) < 4.78 is 0. The zero-order valence-corrected chi connectivity index (χ0v) is 8.14. The fraction of sp³-hybridized carbons (Fsp3) is 0. The van der Waals surface area contributed by atoms with Crippen LogP contribution in [0.4, 0.5) is 5.69 Å². The second-order valence-corrected chi connectivity index (χ2v) is 3.12. The molecular formula is C9H7Cl2NO. The third-order valence-corrected chi connectivity index (χ3v) is 2.41. The Labute approximate surface area is 85.9 Å². The smallest absolute Gasteiger partial charge is 0.142 e. The number of allylic oxidation sites excluding steroid dienone is 1. The van der Waals surface area contributed by atoms with Gasteiger partial charge in [0.2, 0.25) is 0 Å². The molecule has 0 aliphatic heterocycles. The monoisotopic (exact) mass is 215 g/mol. The summed E-state index contributed by atoms with van der Waals surface area (Å²) in [4.78, 5) is 10.1. The Morgan fingerprint density at radius 1 is 1.23 bits per heavy atom. The molecule has 2 nitrogen and oxygen atoms in total. The predicted molar refractivity (Wildman–Crippen MR) is 56.0 cm³/mol. The number of carbonyl (C=O) groups is 1. The van der Waals surface area contributed by atoms with Gasteiger partial charge in [0.25, 0.3) is 0 Å². The van der Waals surface area contributed by atoms with Crippen LogP contribution in [-0.2, 0) is 4.79 Å². The molecule has 0 bridgehead atoms. The topological polar surface area (TPSA) is 43.1 Å². The van der Waals surface area contributed by atoms with Crippen LogP contribution >= 0.6 is 23.2 Å². The van der Waals surface area contributed by atoms with E-state index >= 15 is 0 Å². The number of aldehydes is 1. The van der Waals surface area contributed by atoms with E-state index in [9.17, 15) is 4.79 Å². The minimum absolute atomic E-state index is 0.315. The minimum Gasteiger partial charge on any atom is -0.397 e. The first-order valence-electron chi connectivity index (χ1n) is 3.52. The molecule has 13 heavy (non-hydrogen) atoms. The van der Waals surface area contributed by atoms with Gasteiger partial charge in [0.15, 0.2) is 0 Å². The SMILES string of the molecule is Nc1ccc(C=CC=O)c(Cl)c1Cl. The van der Waals surface area contributed by atoms with Crippen molar-refractivity contribution in [3.05, 3.63) is 33.8 Å². The number of halogens is 2. The summed E-state index contributed by atoms with van der Waals surface area (Å²) in [6, 6.07) is 3.34. The molecule has 0 fully saturated rings. The maximum Gasteiger partial charge on any atom is 0.142 e. The van der Waals surface area contributed by atoms with Crippen LogP contribution in [0.3, 0.4) is 0 Å². The van der Waals surface area contributed by atoms with Crippen molar-refractivity contribution in [2.24, 2.45) is 0 Å². The van der Waals surface area contributed by atoms with Gasteiger partial charge >= 0.3 is 0 Å². The van der Waals surface area contributed by atoms with Gasteiger partial charge in [-0.15, -0.1) is 0 Å². The van der Waals surface area contributed by atoms with Crippen molar-refractivity contribution in [3.63, 3.8) is 0 Å². The van der Waals surface area contributed by atoms with Crippen molar-refractivity contribution in [3.8, 4) is 0 Å². The Hall–Kier alpha value is -0.990. The number of hydrogen-bond acceptors (Lipinski definition) is 2. The molecular weight excluding hydrogens is 209 g/mol. The molecule has 68 valence electrons. The lowest BCUT2D eigenvalue weighted by Gasteiger charge is -2.03. The molecule has 0 heterocycles. The highest BCUT2D eigenvalue weighted by Crippen LogP contribution is 2.31. The van der Waals surface area contributed by atoms with E-state index in [0.29, 0.717) is 27.6 Å². The molecule has 0 atom stereocenters. The molecule has 2 N–H and O–H groups in total. The normalized spacial score (nSPS) is 10.6. The number of nitrogens with two attached hydrogens (primary N) is 1. The third-order valence-electron chi connectivity index (χ3n) is 1.50. The minimum atomic E-state index is 0.315. The number of carbonyl (C=O) groups excluding carboxylic acids is 1. The summed E-state index contributed by atoms with van der Waals surface area (Å²) in [5.74, 6) is 0. The van der Waals surface area contributed by atoms with E-state index in [-0.39, 0.29) is 0 Å². The number of anilines is 1. The maximum absolute atomic E-state index is 10.1. The zero-order chi connectivity index (χ0) is 9.84. The van der Waals surface area contributed by atoms with E-state index in [1.807, 2.05) is 0 Å². The summed E-state index contributed by atoms with van der Waals surface area (Å²) >= 11 is 11.6. The van der Waals surface area contributed by atoms with Gasteiger partial charge in [0, 0.05) is 0 Å². The van der Waals surface area contributed by atoms with Gasteiger partial charge in [-0.3, -0.25) is 4.79 Å². The first kappa shape index (κ1) is 10.1. The first-order chi connectivity index (χ1) is 6.16. The third kappa shape index (κ3) is 2.23. The molecule has 4 heteroatoms. The fourth-order valence-electron chi connectivity index (χ4n) is 0.851. The first-order valence-corrected chi connectivity index (χ1v) is 4.27. The summed E-state index contributed by atoms with van der Waals surface area (Å²) in [7, 11) is 0. The van der Waals surface area contributed by atoms with E-state index in [0.717, 1.165) is 0 Å². The molecule has 0 amide bonds. The Bertz CT molecular complexity index is 361. The molecule has 0 spiro atoms. The van der Waals surface area contributed by atoms with Crippen LogP contribution in [0.1, 0.15) is 5.56 Å². The molecule has 1 aromatic carbocycles. The van der Waals surface area contributed by atoms with Crippen molar-refractivity contribution < 1.29 is 4.79 Å². The van der Waals surface area contributed by atoms with Crippen molar-refractivity contribution >= 4 is 41.3 Å². The standard InChI is InChI=1S/C9H7Cl2NO/c10-8-6(2-1-5-13)3-4-7(12)9(8)11/h1-5H,12H2. The molecule has 0 saturated heterocycles. The summed E-state index contributed by atoms with van der Waals surface area (Å²) in [6.07, 6.45) is 3.58. The molecule has 1 rings (SSSR count). The summed E-state index contributed by atoms with van der Waals surface area (Å²) in [5, 5.41) is 0.675. The van der Waals surface area contributed by atoms with Crippen LogP contribution in [0.5, 0.6) is 0 Å². The van der Waals surface area contributed by atoms with Crippen LogP contribution in [-0.4, -0.2) is 6.29 Å². The van der Waals surface area contributed by atoms with Crippen molar-refractivity contribution in [2.45, 2.75) is 0 Å². The van der Waals surface area contributed by atoms with Gasteiger partial charge in [-0.1, -0.05) is 35.3 Å². The Kier molecular flexibility index (Phi) is 3.34. The maximum atomic E-state index is 10.1. The number of hydrogen-bond donors (Lipinski definition) is 1. The van der Waals surface area contributed by atoms with Gasteiger partial charge in [0.05, 0.1) is 15.7 Å². The van der Waals surface area contributed by atoms with Crippen LogP contribution in [0.2, 0.25) is 10.0 Å². The van der Waals surface area contributed by atoms with Crippen molar-refractivity contribution in [1.29, 1.82) is 0 Å². The highest BCUT2D eigenvalue weighted by atomic mass is 35.5. The van der Waals surface area contributed by atoms with Gasteiger partial charge < -0.3 is 5.73 Å². The second-order valence-electron chi connectivity index (χ2n) is 2.37.